The number of nitrogens with zero attached hydrogens (tertiary/aromatic N) is 3. The Morgan fingerprint density at radius 1 is 1.24 bits per heavy atom. The van der Waals surface area contributed by atoms with Crippen LogP contribution in [0.1, 0.15) is 70.1 Å². The molecule has 2 heterocycles. The molecule has 4 fully saturated rings. The lowest BCUT2D eigenvalue weighted by Gasteiger charge is -2.58. The van der Waals surface area contributed by atoms with Crippen molar-refractivity contribution in [2.75, 3.05) is 20.6 Å². The van der Waals surface area contributed by atoms with E-state index >= 15 is 0 Å². The van der Waals surface area contributed by atoms with Crippen molar-refractivity contribution in [3.63, 3.8) is 0 Å². The molecule has 34 heavy (non-hydrogen) atoms. The first-order chi connectivity index (χ1) is 16.3. The highest BCUT2D eigenvalue weighted by molar-refractivity contribution is 7.09. The van der Waals surface area contributed by atoms with E-state index in [2.05, 4.69) is 36.9 Å². The minimum Gasteiger partial charge on any atom is -0.444 e. The fourth-order valence-corrected chi connectivity index (χ4v) is 9.98. The SMILES string of the molecule is CC1C2CCC3C4CC=C5CC(N(C)C(=O)OCc6cncs6)CCC5(C)C4CCC32CN1C. The number of likely N-dealkylation sites (tertiary alicyclic amines) is 1. The van der Waals surface area contributed by atoms with Gasteiger partial charge in [0, 0.05) is 31.9 Å². The molecule has 1 saturated heterocycles. The molecule has 5 nitrogen and oxygen atoms in total. The van der Waals surface area contributed by atoms with Gasteiger partial charge in [0.25, 0.3) is 0 Å². The first-order valence-corrected chi connectivity index (χ1v) is 14.4. The molecule has 0 aromatic carbocycles. The average molecular weight is 484 g/mol. The van der Waals surface area contributed by atoms with Crippen LogP contribution in [0, 0.1) is 34.5 Å². The van der Waals surface area contributed by atoms with E-state index in [0.717, 1.165) is 47.4 Å². The smallest absolute Gasteiger partial charge is 0.410 e. The highest BCUT2D eigenvalue weighted by Gasteiger charge is 2.64. The summed E-state index contributed by atoms with van der Waals surface area (Å²) >= 11 is 1.53. The Balaban J connectivity index is 1.16. The highest BCUT2D eigenvalue weighted by Crippen LogP contribution is 2.68. The molecular weight excluding hydrogens is 442 g/mol. The van der Waals surface area contributed by atoms with E-state index in [0.29, 0.717) is 17.4 Å². The summed E-state index contributed by atoms with van der Waals surface area (Å²) in [4.78, 5) is 22.3. The molecule has 1 spiro atoms. The summed E-state index contributed by atoms with van der Waals surface area (Å²) in [6.07, 6.45) is 14.5. The van der Waals surface area contributed by atoms with Gasteiger partial charge in [-0.3, -0.25) is 4.98 Å². The van der Waals surface area contributed by atoms with Gasteiger partial charge in [-0.25, -0.2) is 4.79 Å². The topological polar surface area (TPSA) is 45.7 Å². The van der Waals surface area contributed by atoms with Crippen LogP contribution in [0.2, 0.25) is 0 Å². The number of carbonyl (C=O) groups excluding carboxylic acids is 1. The van der Waals surface area contributed by atoms with Crippen molar-refractivity contribution in [2.24, 2.45) is 34.5 Å². The molecule has 186 valence electrons. The molecule has 3 saturated carbocycles. The lowest BCUT2D eigenvalue weighted by atomic mass is 9.47. The molecule has 0 radical (unpaired) electrons. The van der Waals surface area contributed by atoms with Gasteiger partial charge in [0.2, 0.25) is 0 Å². The summed E-state index contributed by atoms with van der Waals surface area (Å²) in [6.45, 7) is 6.70. The number of hydrogen-bond donors (Lipinski definition) is 0. The van der Waals surface area contributed by atoms with Crippen molar-refractivity contribution in [3.05, 3.63) is 28.2 Å². The monoisotopic (exact) mass is 483 g/mol. The van der Waals surface area contributed by atoms with Crippen LogP contribution in [-0.2, 0) is 11.3 Å². The van der Waals surface area contributed by atoms with Crippen molar-refractivity contribution in [2.45, 2.75) is 83.9 Å². The molecule has 1 aromatic heterocycles. The fraction of sp³-hybridized carbons (Fsp3) is 0.786. The van der Waals surface area contributed by atoms with Crippen LogP contribution in [0.25, 0.3) is 0 Å². The van der Waals surface area contributed by atoms with E-state index < -0.39 is 0 Å². The molecule has 4 aliphatic carbocycles. The van der Waals surface area contributed by atoms with Crippen molar-refractivity contribution in [3.8, 4) is 0 Å². The number of aromatic nitrogens is 1. The second-order valence-corrected chi connectivity index (χ2v) is 13.4. The van der Waals surface area contributed by atoms with Crippen molar-refractivity contribution in [1.82, 2.24) is 14.8 Å². The van der Waals surface area contributed by atoms with Crippen LogP contribution in [0.3, 0.4) is 0 Å². The van der Waals surface area contributed by atoms with Gasteiger partial charge in [-0.15, -0.1) is 11.3 Å². The van der Waals surface area contributed by atoms with Gasteiger partial charge in [-0.2, -0.15) is 0 Å². The van der Waals surface area contributed by atoms with Crippen LogP contribution in [0.5, 0.6) is 0 Å². The maximum absolute atomic E-state index is 12.8. The van der Waals surface area contributed by atoms with Crippen LogP contribution < -0.4 is 0 Å². The predicted octanol–water partition coefficient (Wildman–Crippen LogP) is 5.97. The van der Waals surface area contributed by atoms with E-state index in [1.54, 1.807) is 17.3 Å². The number of rotatable bonds is 3. The Morgan fingerprint density at radius 2 is 2.06 bits per heavy atom. The third-order valence-electron chi connectivity index (χ3n) is 11.3. The zero-order valence-corrected chi connectivity index (χ0v) is 22.2. The van der Waals surface area contributed by atoms with Crippen molar-refractivity contribution >= 4 is 17.4 Å². The Labute approximate surface area is 208 Å². The molecule has 6 heteroatoms. The zero-order chi connectivity index (χ0) is 23.7. The predicted molar refractivity (Wildman–Crippen MR) is 135 cm³/mol. The number of ether oxygens (including phenoxy) is 1. The number of fused-ring (bicyclic) bond motifs is 4. The van der Waals surface area contributed by atoms with E-state index in [4.69, 9.17) is 4.74 Å². The second-order valence-electron chi connectivity index (χ2n) is 12.4. The summed E-state index contributed by atoms with van der Waals surface area (Å²) in [7, 11) is 4.29. The summed E-state index contributed by atoms with van der Waals surface area (Å²) < 4.78 is 5.59. The third-order valence-corrected chi connectivity index (χ3v) is 12.1. The zero-order valence-electron chi connectivity index (χ0n) is 21.3. The fourth-order valence-electron chi connectivity index (χ4n) is 9.47. The number of allylic oxidation sites excluding steroid dienone is 1. The van der Waals surface area contributed by atoms with Crippen LogP contribution in [0.15, 0.2) is 23.4 Å². The number of carbonyl (C=O) groups is 1. The maximum atomic E-state index is 12.8. The molecule has 5 aliphatic rings. The van der Waals surface area contributed by atoms with Gasteiger partial charge in [0.1, 0.15) is 6.61 Å². The minimum absolute atomic E-state index is 0.202. The number of thiazole rings is 1. The highest BCUT2D eigenvalue weighted by atomic mass is 32.1. The first-order valence-electron chi connectivity index (χ1n) is 13.5. The van der Waals surface area contributed by atoms with E-state index in [1.165, 1.54) is 56.4 Å². The van der Waals surface area contributed by atoms with Gasteiger partial charge in [-0.05, 0) is 99.8 Å². The van der Waals surface area contributed by atoms with E-state index in [9.17, 15) is 4.79 Å². The summed E-state index contributed by atoms with van der Waals surface area (Å²) in [5, 5.41) is 0. The van der Waals surface area contributed by atoms with Gasteiger partial charge >= 0.3 is 6.09 Å². The standard InChI is InChI=1S/C28H41N3O2S/c1-18-23-7-8-25-22-6-5-19-13-20(31(4)26(32)33-15-21-14-29-17-34-21)9-11-27(19,2)24(22)10-12-28(23,25)16-30(18)3/h5,14,17-18,20,22-25H,6-13,15-16H2,1-4H3. The quantitative estimate of drug-likeness (QED) is 0.497. The Hall–Kier alpha value is -1.40. The van der Waals surface area contributed by atoms with Crippen molar-refractivity contribution < 1.29 is 9.53 Å². The molecule has 6 rings (SSSR count). The van der Waals surface area contributed by atoms with Gasteiger partial charge in [-0.1, -0.05) is 18.6 Å². The summed E-state index contributed by atoms with van der Waals surface area (Å²) in [5.41, 5.74) is 4.33. The van der Waals surface area contributed by atoms with Gasteiger partial charge in [0.05, 0.1) is 10.4 Å². The van der Waals surface area contributed by atoms with Gasteiger partial charge < -0.3 is 14.5 Å². The second kappa shape index (κ2) is 8.33. The molecule has 0 bridgehead atoms. The third kappa shape index (κ3) is 3.34. The largest absolute Gasteiger partial charge is 0.444 e. The average Bonchev–Trinajstić information content (AvgIpc) is 3.53. The lowest BCUT2D eigenvalue weighted by Crippen LogP contribution is -2.53. The Bertz CT molecular complexity index is 963. The number of amides is 1. The molecule has 1 aromatic rings. The molecule has 1 amide bonds. The van der Waals surface area contributed by atoms with E-state index in [1.807, 2.05) is 11.9 Å². The number of hydrogen-bond acceptors (Lipinski definition) is 5. The molecule has 0 N–H and O–H groups in total. The normalized spacial score (nSPS) is 43.4. The van der Waals surface area contributed by atoms with Crippen LogP contribution in [0.4, 0.5) is 4.79 Å². The lowest BCUT2D eigenvalue weighted by molar-refractivity contribution is -0.0435. The van der Waals surface area contributed by atoms with Crippen LogP contribution >= 0.6 is 11.3 Å². The van der Waals surface area contributed by atoms with Crippen molar-refractivity contribution in [1.29, 1.82) is 0 Å². The summed E-state index contributed by atoms with van der Waals surface area (Å²) in [5.74, 6) is 3.53. The minimum atomic E-state index is -0.202. The molecule has 8 unspecified atom stereocenters. The molecule has 1 aliphatic heterocycles. The summed E-state index contributed by atoms with van der Waals surface area (Å²) in [6, 6.07) is 1.01. The van der Waals surface area contributed by atoms with Gasteiger partial charge in [0.15, 0.2) is 0 Å². The first kappa shape index (κ1) is 23.0. The maximum Gasteiger partial charge on any atom is 0.410 e. The Kier molecular flexibility index (Phi) is 5.64. The molecule has 8 atom stereocenters. The Morgan fingerprint density at radius 3 is 2.85 bits per heavy atom. The van der Waals surface area contributed by atoms with E-state index in [-0.39, 0.29) is 12.1 Å². The molecular formula is C28H41N3O2S. The van der Waals surface area contributed by atoms with Crippen LogP contribution in [-0.4, -0.2) is 53.6 Å².